The highest BCUT2D eigenvalue weighted by Crippen LogP contribution is 2.32. The molecule has 2 unspecified atom stereocenters. The first-order valence-corrected chi connectivity index (χ1v) is 7.64. The summed E-state index contributed by atoms with van der Waals surface area (Å²) in [6.45, 7) is 1.99. The highest BCUT2D eigenvalue weighted by molar-refractivity contribution is 9.10. The Morgan fingerprint density at radius 2 is 1.95 bits per heavy atom. The Morgan fingerprint density at radius 1 is 1.15 bits per heavy atom. The molecule has 2 atom stereocenters. The number of hydrogen-bond acceptors (Lipinski definition) is 3. The molecule has 1 aliphatic rings. The van der Waals surface area contributed by atoms with Crippen molar-refractivity contribution in [3.8, 4) is 0 Å². The van der Waals surface area contributed by atoms with Crippen LogP contribution >= 0.6 is 15.9 Å². The van der Waals surface area contributed by atoms with Crippen LogP contribution in [-0.4, -0.2) is 33.0 Å². The van der Waals surface area contributed by atoms with Gasteiger partial charge in [-0.3, -0.25) is 0 Å². The number of likely N-dealkylation sites (N-methyl/N-ethyl adjacent to an activating group) is 1. The average Bonchev–Trinajstić information content (AvgIpc) is 2.52. The van der Waals surface area contributed by atoms with Crippen LogP contribution in [-0.2, 0) is 9.47 Å². The first-order valence-electron chi connectivity index (χ1n) is 6.85. The lowest BCUT2D eigenvalue weighted by atomic mass is 9.95. The van der Waals surface area contributed by atoms with Gasteiger partial charge in [-0.15, -0.1) is 0 Å². The summed E-state index contributed by atoms with van der Waals surface area (Å²) in [6, 6.07) is 12.8. The fraction of sp³-hybridized carbons (Fsp3) is 0.375. The van der Waals surface area contributed by atoms with E-state index in [0.29, 0.717) is 19.8 Å². The highest BCUT2D eigenvalue weighted by atomic mass is 79.9. The molecule has 3 nitrogen and oxygen atoms in total. The van der Waals surface area contributed by atoms with Crippen molar-refractivity contribution in [3.63, 3.8) is 0 Å². The lowest BCUT2D eigenvalue weighted by Crippen LogP contribution is -2.39. The molecule has 1 heterocycles. The SMILES string of the molecule is CNC(c1ccc(Br)c2ccccc12)C1COCCO1. The quantitative estimate of drug-likeness (QED) is 0.933. The minimum absolute atomic E-state index is 0.0540. The van der Waals surface area contributed by atoms with Crippen LogP contribution in [0.5, 0.6) is 0 Å². The molecule has 2 aromatic rings. The molecule has 20 heavy (non-hydrogen) atoms. The van der Waals surface area contributed by atoms with Crippen LogP contribution in [0.25, 0.3) is 10.8 Å². The first-order chi connectivity index (χ1) is 9.81. The molecule has 1 N–H and O–H groups in total. The van der Waals surface area contributed by atoms with Gasteiger partial charge in [0.1, 0.15) is 6.10 Å². The van der Waals surface area contributed by atoms with Gasteiger partial charge in [-0.2, -0.15) is 0 Å². The molecule has 0 radical (unpaired) electrons. The number of rotatable bonds is 3. The summed E-state index contributed by atoms with van der Waals surface area (Å²) in [4.78, 5) is 0. The summed E-state index contributed by atoms with van der Waals surface area (Å²) >= 11 is 3.62. The molecule has 1 fully saturated rings. The van der Waals surface area contributed by atoms with Gasteiger partial charge in [-0.25, -0.2) is 0 Å². The lowest BCUT2D eigenvalue weighted by Gasteiger charge is -2.31. The van der Waals surface area contributed by atoms with Gasteiger partial charge in [-0.1, -0.05) is 46.3 Å². The van der Waals surface area contributed by atoms with Gasteiger partial charge < -0.3 is 14.8 Å². The monoisotopic (exact) mass is 335 g/mol. The predicted octanol–water partition coefficient (Wildman–Crippen LogP) is 3.28. The molecule has 2 aromatic carbocycles. The van der Waals surface area contributed by atoms with Crippen molar-refractivity contribution in [2.24, 2.45) is 0 Å². The molecule has 0 aromatic heterocycles. The van der Waals surface area contributed by atoms with Crippen molar-refractivity contribution in [3.05, 3.63) is 46.4 Å². The van der Waals surface area contributed by atoms with Crippen LogP contribution in [0, 0.1) is 0 Å². The van der Waals surface area contributed by atoms with Gasteiger partial charge in [0, 0.05) is 4.47 Å². The molecule has 106 valence electrons. The number of halogens is 1. The largest absolute Gasteiger partial charge is 0.376 e. The second kappa shape index (κ2) is 6.22. The average molecular weight is 336 g/mol. The molecule has 1 aliphatic heterocycles. The fourth-order valence-electron chi connectivity index (χ4n) is 2.80. The predicted molar refractivity (Wildman–Crippen MR) is 84.0 cm³/mol. The molecule has 0 bridgehead atoms. The standard InChI is InChI=1S/C16H18BrNO2/c1-18-16(15-10-19-8-9-20-15)13-6-7-14(17)12-5-3-2-4-11(12)13/h2-7,15-16,18H,8-10H2,1H3. The lowest BCUT2D eigenvalue weighted by molar-refractivity contribution is -0.101. The van der Waals surface area contributed by atoms with E-state index < -0.39 is 0 Å². The van der Waals surface area contributed by atoms with Crippen LogP contribution in [0.4, 0.5) is 0 Å². The second-order valence-electron chi connectivity index (χ2n) is 4.93. The Labute approximate surface area is 127 Å². The normalized spacial score (nSPS) is 21.0. The van der Waals surface area contributed by atoms with E-state index in [1.165, 1.54) is 16.3 Å². The maximum absolute atomic E-state index is 5.87. The maximum atomic E-state index is 5.87. The highest BCUT2D eigenvalue weighted by Gasteiger charge is 2.26. The molecule has 0 amide bonds. The third kappa shape index (κ3) is 2.61. The number of benzene rings is 2. The minimum Gasteiger partial charge on any atom is -0.376 e. The summed E-state index contributed by atoms with van der Waals surface area (Å²) < 4.78 is 12.5. The number of nitrogens with one attached hydrogen (secondary N) is 1. The van der Waals surface area contributed by atoms with Gasteiger partial charge in [0.15, 0.2) is 0 Å². The minimum atomic E-state index is 0.0540. The first kappa shape index (κ1) is 14.0. The Morgan fingerprint density at radius 3 is 2.65 bits per heavy atom. The zero-order chi connectivity index (χ0) is 13.9. The zero-order valence-corrected chi connectivity index (χ0v) is 13.0. The van der Waals surface area contributed by atoms with Gasteiger partial charge >= 0.3 is 0 Å². The van der Waals surface area contributed by atoms with Gasteiger partial charge in [0.25, 0.3) is 0 Å². The zero-order valence-electron chi connectivity index (χ0n) is 11.4. The summed E-state index contributed by atoms with van der Waals surface area (Å²) in [5.74, 6) is 0. The van der Waals surface area contributed by atoms with Crippen molar-refractivity contribution in [1.29, 1.82) is 0 Å². The molecule has 0 spiro atoms. The van der Waals surface area contributed by atoms with E-state index in [2.05, 4.69) is 57.6 Å². The van der Waals surface area contributed by atoms with Gasteiger partial charge in [0.05, 0.1) is 25.9 Å². The van der Waals surface area contributed by atoms with Crippen LogP contribution in [0.15, 0.2) is 40.9 Å². The van der Waals surface area contributed by atoms with Crippen LogP contribution in [0.3, 0.4) is 0 Å². The van der Waals surface area contributed by atoms with E-state index in [4.69, 9.17) is 9.47 Å². The topological polar surface area (TPSA) is 30.5 Å². The fourth-order valence-corrected chi connectivity index (χ4v) is 3.27. The number of ether oxygens (including phenoxy) is 2. The van der Waals surface area contributed by atoms with Crippen molar-refractivity contribution < 1.29 is 9.47 Å². The molecule has 3 rings (SSSR count). The van der Waals surface area contributed by atoms with Crippen LogP contribution < -0.4 is 5.32 Å². The van der Waals surface area contributed by atoms with Crippen molar-refractivity contribution >= 4 is 26.7 Å². The van der Waals surface area contributed by atoms with E-state index in [1.807, 2.05) is 7.05 Å². The van der Waals surface area contributed by atoms with Crippen LogP contribution in [0.2, 0.25) is 0 Å². The molecular weight excluding hydrogens is 318 g/mol. The Hall–Kier alpha value is -0.940. The van der Waals surface area contributed by atoms with E-state index in [0.717, 1.165) is 4.47 Å². The summed E-state index contributed by atoms with van der Waals surface area (Å²) in [7, 11) is 1.97. The number of fused-ring (bicyclic) bond motifs is 1. The third-order valence-corrected chi connectivity index (χ3v) is 4.46. The van der Waals surface area contributed by atoms with E-state index >= 15 is 0 Å². The van der Waals surface area contributed by atoms with Crippen molar-refractivity contribution in [2.75, 3.05) is 26.9 Å². The van der Waals surface area contributed by atoms with Gasteiger partial charge in [0.2, 0.25) is 0 Å². The number of hydrogen-bond donors (Lipinski definition) is 1. The maximum Gasteiger partial charge on any atom is 0.100 e. The summed E-state index contributed by atoms with van der Waals surface area (Å²) in [5, 5.41) is 5.85. The van der Waals surface area contributed by atoms with E-state index in [9.17, 15) is 0 Å². The third-order valence-electron chi connectivity index (χ3n) is 3.76. The second-order valence-corrected chi connectivity index (χ2v) is 5.79. The summed E-state index contributed by atoms with van der Waals surface area (Å²) in [6.07, 6.45) is 0.0540. The van der Waals surface area contributed by atoms with E-state index in [1.54, 1.807) is 0 Å². The Balaban J connectivity index is 2.05. The van der Waals surface area contributed by atoms with Gasteiger partial charge in [-0.05, 0) is 29.4 Å². The molecule has 1 saturated heterocycles. The smallest absolute Gasteiger partial charge is 0.100 e. The van der Waals surface area contributed by atoms with Crippen LogP contribution in [0.1, 0.15) is 11.6 Å². The van der Waals surface area contributed by atoms with E-state index in [-0.39, 0.29) is 12.1 Å². The molecule has 4 heteroatoms. The Bertz CT molecular complexity index is 596. The van der Waals surface area contributed by atoms with Crippen molar-refractivity contribution in [1.82, 2.24) is 5.32 Å². The molecular formula is C16H18BrNO2. The summed E-state index contributed by atoms with van der Waals surface area (Å²) in [5.41, 5.74) is 1.25. The molecule has 0 aliphatic carbocycles. The molecule has 0 saturated carbocycles. The van der Waals surface area contributed by atoms with Crippen molar-refractivity contribution in [2.45, 2.75) is 12.1 Å². The Kier molecular flexibility index (Phi) is 4.36.